The van der Waals surface area contributed by atoms with Crippen LogP contribution in [0.2, 0.25) is 0 Å². The highest BCUT2D eigenvalue weighted by molar-refractivity contribution is 5.94. The summed E-state index contributed by atoms with van der Waals surface area (Å²) >= 11 is 0. The molecule has 19 heavy (non-hydrogen) atoms. The van der Waals surface area contributed by atoms with Crippen molar-refractivity contribution in [2.24, 2.45) is 0 Å². The molecule has 0 heterocycles. The van der Waals surface area contributed by atoms with E-state index in [9.17, 15) is 4.79 Å². The second kappa shape index (κ2) is 6.05. The van der Waals surface area contributed by atoms with Gasteiger partial charge >= 0.3 is 0 Å². The summed E-state index contributed by atoms with van der Waals surface area (Å²) in [7, 11) is 0. The summed E-state index contributed by atoms with van der Waals surface area (Å²) < 4.78 is 5.45. The van der Waals surface area contributed by atoms with Gasteiger partial charge in [-0.3, -0.25) is 4.79 Å². The topological polar surface area (TPSA) is 38.3 Å². The van der Waals surface area contributed by atoms with E-state index in [1.165, 1.54) is 0 Å². The molecule has 2 aromatic rings. The smallest absolute Gasteiger partial charge is 0.159 e. The second-order valence-electron chi connectivity index (χ2n) is 4.22. The van der Waals surface area contributed by atoms with Crippen LogP contribution in [0.3, 0.4) is 0 Å². The maximum Gasteiger partial charge on any atom is 0.159 e. The van der Waals surface area contributed by atoms with Gasteiger partial charge in [0.2, 0.25) is 0 Å². The van der Waals surface area contributed by atoms with Crippen LogP contribution in [0.1, 0.15) is 24.2 Å². The molecule has 98 valence electrons. The Hall–Kier alpha value is -2.29. The van der Waals surface area contributed by atoms with Crippen LogP contribution < -0.4 is 10.1 Å². The lowest BCUT2D eigenvalue weighted by Crippen LogP contribution is -1.95. The van der Waals surface area contributed by atoms with Crippen molar-refractivity contribution < 1.29 is 9.53 Å². The Kier molecular flexibility index (Phi) is 4.18. The molecule has 0 saturated heterocycles. The molecule has 0 unspecified atom stereocenters. The van der Waals surface area contributed by atoms with E-state index in [0.717, 1.165) is 17.1 Å². The molecule has 0 saturated carbocycles. The first-order chi connectivity index (χ1) is 9.19. The molecule has 0 radical (unpaired) electrons. The fourth-order valence-corrected chi connectivity index (χ4v) is 1.79. The lowest BCUT2D eigenvalue weighted by molar-refractivity contribution is 0.101. The van der Waals surface area contributed by atoms with Crippen LogP contribution in [0.4, 0.5) is 11.4 Å². The predicted molar refractivity (Wildman–Crippen MR) is 77.3 cm³/mol. The lowest BCUT2D eigenvalue weighted by atomic mass is 10.1. The van der Waals surface area contributed by atoms with Crippen molar-refractivity contribution in [2.45, 2.75) is 13.8 Å². The predicted octanol–water partition coefficient (Wildman–Crippen LogP) is 4.03. The van der Waals surface area contributed by atoms with Gasteiger partial charge in [-0.25, -0.2) is 0 Å². The van der Waals surface area contributed by atoms with E-state index >= 15 is 0 Å². The van der Waals surface area contributed by atoms with Crippen molar-refractivity contribution in [1.82, 2.24) is 0 Å². The molecule has 0 aliphatic carbocycles. The molecular weight excluding hydrogens is 238 g/mol. The van der Waals surface area contributed by atoms with Crippen LogP contribution >= 0.6 is 0 Å². The van der Waals surface area contributed by atoms with Crippen molar-refractivity contribution in [3.63, 3.8) is 0 Å². The number of hydrogen-bond donors (Lipinski definition) is 1. The summed E-state index contributed by atoms with van der Waals surface area (Å²) in [5, 5.41) is 3.28. The van der Waals surface area contributed by atoms with Crippen molar-refractivity contribution >= 4 is 17.2 Å². The number of ether oxygens (including phenoxy) is 1. The number of nitrogens with one attached hydrogen (secondary N) is 1. The van der Waals surface area contributed by atoms with E-state index in [-0.39, 0.29) is 5.78 Å². The highest BCUT2D eigenvalue weighted by Crippen LogP contribution is 2.21. The van der Waals surface area contributed by atoms with Gasteiger partial charge in [-0.2, -0.15) is 0 Å². The van der Waals surface area contributed by atoms with Gasteiger partial charge in [0, 0.05) is 23.0 Å². The Morgan fingerprint density at radius 3 is 2.47 bits per heavy atom. The molecule has 0 bridgehead atoms. The number of carbonyl (C=O) groups is 1. The van der Waals surface area contributed by atoms with E-state index in [0.29, 0.717) is 12.2 Å². The van der Waals surface area contributed by atoms with E-state index in [1.54, 1.807) is 6.92 Å². The summed E-state index contributed by atoms with van der Waals surface area (Å²) in [6.07, 6.45) is 0. The third kappa shape index (κ3) is 3.58. The summed E-state index contributed by atoms with van der Waals surface area (Å²) in [5.41, 5.74) is 2.62. The number of hydrogen-bond acceptors (Lipinski definition) is 3. The molecule has 0 spiro atoms. The van der Waals surface area contributed by atoms with Crippen LogP contribution in [-0.2, 0) is 0 Å². The van der Waals surface area contributed by atoms with Crippen LogP contribution in [-0.4, -0.2) is 12.4 Å². The van der Waals surface area contributed by atoms with E-state index in [4.69, 9.17) is 4.74 Å². The molecule has 0 amide bonds. The van der Waals surface area contributed by atoms with Gasteiger partial charge in [0.15, 0.2) is 5.78 Å². The standard InChI is InChI=1S/C16H17NO2/c1-3-19-16-6-4-5-15(11-16)17-14-9-7-13(8-10-14)12(2)18/h4-11,17H,3H2,1-2H3. The van der Waals surface area contributed by atoms with E-state index in [2.05, 4.69) is 5.32 Å². The Labute approximate surface area is 113 Å². The summed E-state index contributed by atoms with van der Waals surface area (Å²) in [6, 6.07) is 15.2. The number of carbonyl (C=O) groups excluding carboxylic acids is 1. The van der Waals surface area contributed by atoms with Crippen LogP contribution in [0.25, 0.3) is 0 Å². The number of ketones is 1. The third-order valence-electron chi connectivity index (χ3n) is 2.73. The first kappa shape index (κ1) is 13.1. The van der Waals surface area contributed by atoms with Crippen LogP contribution in [0.15, 0.2) is 48.5 Å². The van der Waals surface area contributed by atoms with Crippen LogP contribution in [0, 0.1) is 0 Å². The van der Waals surface area contributed by atoms with Crippen molar-refractivity contribution in [3.05, 3.63) is 54.1 Å². The molecule has 0 aromatic heterocycles. The minimum atomic E-state index is 0.0740. The largest absolute Gasteiger partial charge is 0.494 e. The quantitative estimate of drug-likeness (QED) is 0.820. The fraction of sp³-hybridized carbons (Fsp3) is 0.188. The first-order valence-electron chi connectivity index (χ1n) is 6.30. The normalized spacial score (nSPS) is 10.0. The molecular formula is C16H17NO2. The minimum Gasteiger partial charge on any atom is -0.494 e. The van der Waals surface area contributed by atoms with Crippen LogP contribution in [0.5, 0.6) is 5.75 Å². The van der Waals surface area contributed by atoms with Crippen molar-refractivity contribution in [3.8, 4) is 5.75 Å². The monoisotopic (exact) mass is 255 g/mol. The average Bonchev–Trinajstić information content (AvgIpc) is 2.40. The minimum absolute atomic E-state index is 0.0740. The molecule has 1 N–H and O–H groups in total. The molecule has 0 aliphatic heterocycles. The van der Waals surface area contributed by atoms with Gasteiger partial charge in [0.05, 0.1) is 6.61 Å². The highest BCUT2D eigenvalue weighted by atomic mass is 16.5. The summed E-state index contributed by atoms with van der Waals surface area (Å²) in [6.45, 7) is 4.17. The van der Waals surface area contributed by atoms with E-state index in [1.807, 2.05) is 55.5 Å². The zero-order valence-corrected chi connectivity index (χ0v) is 11.1. The molecule has 3 heteroatoms. The molecule has 2 aromatic carbocycles. The SMILES string of the molecule is CCOc1cccc(Nc2ccc(C(C)=O)cc2)c1. The molecule has 3 nitrogen and oxygen atoms in total. The summed E-state index contributed by atoms with van der Waals surface area (Å²) in [4.78, 5) is 11.2. The summed E-state index contributed by atoms with van der Waals surface area (Å²) in [5.74, 6) is 0.915. The number of rotatable bonds is 5. The fourth-order valence-electron chi connectivity index (χ4n) is 1.79. The third-order valence-corrected chi connectivity index (χ3v) is 2.73. The molecule has 0 aliphatic rings. The Morgan fingerprint density at radius 2 is 1.84 bits per heavy atom. The zero-order chi connectivity index (χ0) is 13.7. The molecule has 2 rings (SSSR count). The maximum atomic E-state index is 11.2. The average molecular weight is 255 g/mol. The van der Waals surface area contributed by atoms with Gasteiger partial charge < -0.3 is 10.1 Å². The Balaban J connectivity index is 2.12. The van der Waals surface area contributed by atoms with Gasteiger partial charge in [-0.05, 0) is 50.2 Å². The van der Waals surface area contributed by atoms with Crippen molar-refractivity contribution in [2.75, 3.05) is 11.9 Å². The Morgan fingerprint density at radius 1 is 1.11 bits per heavy atom. The second-order valence-corrected chi connectivity index (χ2v) is 4.22. The molecule has 0 atom stereocenters. The number of benzene rings is 2. The number of Topliss-reactive ketones (excluding diaryl/α,β-unsaturated/α-hetero) is 1. The van der Waals surface area contributed by atoms with Crippen molar-refractivity contribution in [1.29, 1.82) is 0 Å². The number of anilines is 2. The highest BCUT2D eigenvalue weighted by Gasteiger charge is 2.00. The maximum absolute atomic E-state index is 11.2. The van der Waals surface area contributed by atoms with Gasteiger partial charge in [0.25, 0.3) is 0 Å². The molecule has 0 fully saturated rings. The zero-order valence-electron chi connectivity index (χ0n) is 11.1. The lowest BCUT2D eigenvalue weighted by Gasteiger charge is -2.09. The van der Waals surface area contributed by atoms with E-state index < -0.39 is 0 Å². The van der Waals surface area contributed by atoms with Gasteiger partial charge in [-0.1, -0.05) is 6.07 Å². The van der Waals surface area contributed by atoms with Gasteiger partial charge in [0.1, 0.15) is 5.75 Å². The van der Waals surface area contributed by atoms with Gasteiger partial charge in [-0.15, -0.1) is 0 Å². The first-order valence-corrected chi connectivity index (χ1v) is 6.30. The Bertz CT molecular complexity index is 561.